The topological polar surface area (TPSA) is 61.9 Å². The molecular formula is C19H28ClN3O3. The molecule has 0 radical (unpaired) electrons. The molecule has 1 saturated heterocycles. The van der Waals surface area contributed by atoms with E-state index in [0.29, 0.717) is 62.1 Å². The number of piperidine rings is 1. The summed E-state index contributed by atoms with van der Waals surface area (Å²) >= 11 is 6.16. The standard InChI is InChI=1S/C19H28ClN3O3/c1-4-22(5-2)19(25)23-12-10-14(11-13-23)18(24)21-16-9-7-8-15(20)17(16)26-6-3/h7-9,14H,4-6,10-13H2,1-3H3,(H,21,24). The molecule has 1 aliphatic heterocycles. The lowest BCUT2D eigenvalue weighted by Crippen LogP contribution is -2.47. The molecule has 0 saturated carbocycles. The molecule has 1 heterocycles. The van der Waals surface area contributed by atoms with Crippen molar-refractivity contribution in [3.63, 3.8) is 0 Å². The van der Waals surface area contributed by atoms with E-state index in [1.807, 2.05) is 25.7 Å². The van der Waals surface area contributed by atoms with Crippen molar-refractivity contribution in [3.05, 3.63) is 23.2 Å². The van der Waals surface area contributed by atoms with Gasteiger partial charge in [-0.15, -0.1) is 0 Å². The summed E-state index contributed by atoms with van der Waals surface area (Å²) in [6.45, 7) is 8.89. The highest BCUT2D eigenvalue weighted by atomic mass is 35.5. The predicted molar refractivity (Wildman–Crippen MR) is 104 cm³/mol. The summed E-state index contributed by atoms with van der Waals surface area (Å²) < 4.78 is 5.55. The number of nitrogens with one attached hydrogen (secondary N) is 1. The van der Waals surface area contributed by atoms with E-state index in [4.69, 9.17) is 16.3 Å². The Morgan fingerprint density at radius 2 is 1.88 bits per heavy atom. The number of hydrogen-bond acceptors (Lipinski definition) is 3. The first kappa shape index (κ1) is 20.4. The molecule has 1 aliphatic rings. The predicted octanol–water partition coefficient (Wildman–Crippen LogP) is 3.85. The number of amides is 3. The van der Waals surface area contributed by atoms with Crippen molar-refractivity contribution >= 4 is 29.2 Å². The first-order valence-corrected chi connectivity index (χ1v) is 9.65. The van der Waals surface area contributed by atoms with Gasteiger partial charge in [-0.25, -0.2) is 4.79 Å². The minimum atomic E-state index is -0.121. The average molecular weight is 382 g/mol. The van der Waals surface area contributed by atoms with E-state index in [9.17, 15) is 9.59 Å². The van der Waals surface area contributed by atoms with E-state index >= 15 is 0 Å². The van der Waals surface area contributed by atoms with Crippen LogP contribution in [0, 0.1) is 5.92 Å². The maximum absolute atomic E-state index is 12.6. The molecule has 6 nitrogen and oxygen atoms in total. The van der Waals surface area contributed by atoms with E-state index in [1.54, 1.807) is 23.1 Å². The Hall–Kier alpha value is -1.95. The number of carbonyl (C=O) groups excluding carboxylic acids is 2. The zero-order valence-electron chi connectivity index (χ0n) is 15.8. The molecule has 3 amide bonds. The van der Waals surface area contributed by atoms with E-state index in [-0.39, 0.29) is 17.9 Å². The zero-order valence-corrected chi connectivity index (χ0v) is 16.5. The molecule has 26 heavy (non-hydrogen) atoms. The van der Waals surface area contributed by atoms with Crippen LogP contribution in [0.5, 0.6) is 5.75 Å². The van der Waals surface area contributed by atoms with Gasteiger partial charge in [-0.3, -0.25) is 4.79 Å². The molecule has 1 fully saturated rings. The number of urea groups is 1. The number of para-hydroxylation sites is 1. The third kappa shape index (κ3) is 4.81. The van der Waals surface area contributed by atoms with Crippen molar-refractivity contribution in [3.8, 4) is 5.75 Å². The molecule has 0 aromatic heterocycles. The van der Waals surface area contributed by atoms with Crippen LogP contribution in [0.25, 0.3) is 0 Å². The van der Waals surface area contributed by atoms with Crippen LogP contribution in [0.1, 0.15) is 33.6 Å². The molecule has 0 bridgehead atoms. The number of likely N-dealkylation sites (tertiary alicyclic amines) is 1. The summed E-state index contributed by atoms with van der Waals surface area (Å²) in [6, 6.07) is 5.36. The monoisotopic (exact) mass is 381 g/mol. The third-order valence-corrected chi connectivity index (χ3v) is 4.98. The maximum Gasteiger partial charge on any atom is 0.319 e. The molecule has 7 heteroatoms. The van der Waals surface area contributed by atoms with Crippen LogP contribution in [0.15, 0.2) is 18.2 Å². The fraction of sp³-hybridized carbons (Fsp3) is 0.579. The molecule has 144 valence electrons. The van der Waals surface area contributed by atoms with Crippen LogP contribution in [0.3, 0.4) is 0 Å². The lowest BCUT2D eigenvalue weighted by atomic mass is 9.96. The van der Waals surface area contributed by atoms with Crippen molar-refractivity contribution in [1.29, 1.82) is 0 Å². The van der Waals surface area contributed by atoms with Gasteiger partial charge in [0.2, 0.25) is 5.91 Å². The fourth-order valence-corrected chi connectivity index (χ4v) is 3.39. The summed E-state index contributed by atoms with van der Waals surface area (Å²) in [7, 11) is 0. The van der Waals surface area contributed by atoms with Gasteiger partial charge >= 0.3 is 6.03 Å². The molecule has 1 N–H and O–H groups in total. The maximum atomic E-state index is 12.6. The third-order valence-electron chi connectivity index (χ3n) is 4.68. The van der Waals surface area contributed by atoms with Crippen LogP contribution in [0.4, 0.5) is 10.5 Å². The Kier molecular flexibility index (Phi) is 7.57. The number of rotatable bonds is 6. The lowest BCUT2D eigenvalue weighted by Gasteiger charge is -2.34. The largest absolute Gasteiger partial charge is 0.490 e. The molecule has 2 rings (SSSR count). The first-order chi connectivity index (χ1) is 12.5. The molecular weight excluding hydrogens is 354 g/mol. The lowest BCUT2D eigenvalue weighted by molar-refractivity contribution is -0.121. The number of halogens is 1. The van der Waals surface area contributed by atoms with E-state index < -0.39 is 0 Å². The summed E-state index contributed by atoms with van der Waals surface area (Å²) in [4.78, 5) is 28.7. The second-order valence-electron chi connectivity index (χ2n) is 6.25. The zero-order chi connectivity index (χ0) is 19.1. The Morgan fingerprint density at radius 3 is 2.46 bits per heavy atom. The highest BCUT2D eigenvalue weighted by Gasteiger charge is 2.29. The quantitative estimate of drug-likeness (QED) is 0.814. The SMILES string of the molecule is CCOc1c(Cl)cccc1NC(=O)C1CCN(C(=O)N(CC)CC)CC1. The van der Waals surface area contributed by atoms with Crippen molar-refractivity contribution in [2.24, 2.45) is 5.92 Å². The van der Waals surface area contributed by atoms with Crippen molar-refractivity contribution in [2.45, 2.75) is 33.6 Å². The van der Waals surface area contributed by atoms with Crippen LogP contribution >= 0.6 is 11.6 Å². The smallest absolute Gasteiger partial charge is 0.319 e. The number of nitrogens with zero attached hydrogens (tertiary/aromatic N) is 2. The highest BCUT2D eigenvalue weighted by Crippen LogP contribution is 2.33. The molecule has 1 aromatic rings. The molecule has 0 atom stereocenters. The number of anilines is 1. The van der Waals surface area contributed by atoms with E-state index in [2.05, 4.69) is 5.32 Å². The molecule has 1 aromatic carbocycles. The second kappa shape index (κ2) is 9.67. The van der Waals surface area contributed by atoms with Gasteiger partial charge in [-0.05, 0) is 45.7 Å². The van der Waals surface area contributed by atoms with E-state index in [1.165, 1.54) is 0 Å². The first-order valence-electron chi connectivity index (χ1n) is 9.27. The Balaban J connectivity index is 1.95. The molecule has 0 unspecified atom stereocenters. The Bertz CT molecular complexity index is 626. The van der Waals surface area contributed by atoms with Gasteiger partial charge in [0.25, 0.3) is 0 Å². The number of benzene rings is 1. The number of ether oxygens (including phenoxy) is 1. The summed E-state index contributed by atoms with van der Waals surface area (Å²) in [6.07, 6.45) is 1.31. The number of carbonyl (C=O) groups is 2. The molecule has 0 aliphatic carbocycles. The Labute approximate surface area is 160 Å². The van der Waals surface area contributed by atoms with Crippen LogP contribution < -0.4 is 10.1 Å². The van der Waals surface area contributed by atoms with Gasteiger partial charge in [-0.1, -0.05) is 17.7 Å². The highest BCUT2D eigenvalue weighted by molar-refractivity contribution is 6.32. The van der Waals surface area contributed by atoms with Gasteiger partial charge in [0.05, 0.1) is 17.3 Å². The van der Waals surface area contributed by atoms with Crippen molar-refractivity contribution in [2.75, 3.05) is 38.1 Å². The summed E-state index contributed by atoms with van der Waals surface area (Å²) in [5.74, 6) is 0.325. The van der Waals surface area contributed by atoms with Crippen LogP contribution in [-0.4, -0.2) is 54.5 Å². The molecule has 0 spiro atoms. The van der Waals surface area contributed by atoms with Gasteiger partial charge in [0.1, 0.15) is 0 Å². The normalized spacial score (nSPS) is 14.8. The second-order valence-corrected chi connectivity index (χ2v) is 6.66. The van der Waals surface area contributed by atoms with E-state index in [0.717, 1.165) is 0 Å². The minimum Gasteiger partial charge on any atom is -0.490 e. The summed E-state index contributed by atoms with van der Waals surface area (Å²) in [5.41, 5.74) is 0.589. The van der Waals surface area contributed by atoms with Gasteiger partial charge in [-0.2, -0.15) is 0 Å². The van der Waals surface area contributed by atoms with Gasteiger partial charge in [0, 0.05) is 32.1 Å². The average Bonchev–Trinajstić information content (AvgIpc) is 2.65. The Morgan fingerprint density at radius 1 is 1.23 bits per heavy atom. The fourth-order valence-electron chi connectivity index (χ4n) is 3.16. The van der Waals surface area contributed by atoms with Gasteiger partial charge < -0.3 is 19.9 Å². The summed E-state index contributed by atoms with van der Waals surface area (Å²) in [5, 5.41) is 3.41. The minimum absolute atomic E-state index is 0.0526. The number of hydrogen-bond donors (Lipinski definition) is 1. The van der Waals surface area contributed by atoms with Crippen LogP contribution in [0.2, 0.25) is 5.02 Å². The van der Waals surface area contributed by atoms with Gasteiger partial charge in [0.15, 0.2) is 5.75 Å². The van der Waals surface area contributed by atoms with Crippen molar-refractivity contribution < 1.29 is 14.3 Å². The van der Waals surface area contributed by atoms with Crippen LogP contribution in [-0.2, 0) is 4.79 Å². The van der Waals surface area contributed by atoms with Crippen molar-refractivity contribution in [1.82, 2.24) is 9.80 Å².